The average molecular weight is 323 g/mol. The Hall–Kier alpha value is -1.58. The number of hydrogen-bond acceptors (Lipinski definition) is 1. The van der Waals surface area contributed by atoms with E-state index in [-0.39, 0.29) is 18.3 Å². The van der Waals surface area contributed by atoms with Gasteiger partial charge in [-0.1, -0.05) is 43.5 Å². The van der Waals surface area contributed by atoms with Crippen molar-refractivity contribution in [3.63, 3.8) is 0 Å². The van der Waals surface area contributed by atoms with Crippen LogP contribution < -0.4 is 17.7 Å². The summed E-state index contributed by atoms with van der Waals surface area (Å²) >= 11 is 0. The van der Waals surface area contributed by atoms with Gasteiger partial charge in [0.25, 0.3) is 0 Å². The maximum Gasteiger partial charge on any atom is 0.243 e. The molecule has 0 spiro atoms. The fraction of sp³-hybridized carbons (Fsp3) is 0.389. The zero-order chi connectivity index (χ0) is 15.6. The first-order chi connectivity index (χ1) is 10.1. The normalized spacial score (nSPS) is 12.6. The molecule has 0 heterocycles. The lowest BCUT2D eigenvalue weighted by molar-refractivity contribution is -0.917. The van der Waals surface area contributed by atoms with Crippen LogP contribution in [-0.2, 0) is 11.3 Å². The minimum absolute atomic E-state index is 0. The van der Waals surface area contributed by atoms with Gasteiger partial charge < -0.3 is 22.2 Å². The standard InChI is InChI=1S/C18H26N2O.ClH/c1-4-14-20(3,16-17-11-7-6-8-12-17)15-10-9-13-19-18(21)5-2;/h4-8,11-12H,1-2,9-10,13-16H2,3H3;1H. The number of hydrogen-bond donors (Lipinski definition) is 1. The molecule has 0 saturated carbocycles. The molecule has 4 heteroatoms. The zero-order valence-corrected chi connectivity index (χ0v) is 14.2. The van der Waals surface area contributed by atoms with Crippen LogP contribution in [0, 0.1) is 0 Å². The van der Waals surface area contributed by atoms with Gasteiger partial charge in [0.05, 0.1) is 20.1 Å². The van der Waals surface area contributed by atoms with E-state index in [0.717, 1.165) is 37.0 Å². The molecule has 0 aliphatic heterocycles. The Bertz CT molecular complexity index is 461. The van der Waals surface area contributed by atoms with Crippen molar-refractivity contribution in [2.24, 2.45) is 0 Å². The quantitative estimate of drug-likeness (QED) is 0.277. The second-order valence-electron chi connectivity index (χ2n) is 5.66. The first-order valence-corrected chi connectivity index (χ1v) is 7.48. The van der Waals surface area contributed by atoms with Crippen molar-refractivity contribution < 1.29 is 21.7 Å². The second-order valence-corrected chi connectivity index (χ2v) is 5.66. The Balaban J connectivity index is 0.00000441. The monoisotopic (exact) mass is 322 g/mol. The Morgan fingerprint density at radius 1 is 1.23 bits per heavy atom. The molecule has 0 aromatic heterocycles. The maximum atomic E-state index is 11.1. The highest BCUT2D eigenvalue weighted by Gasteiger charge is 2.19. The van der Waals surface area contributed by atoms with Gasteiger partial charge in [-0.3, -0.25) is 4.79 Å². The minimum atomic E-state index is -0.0948. The van der Waals surface area contributed by atoms with Crippen molar-refractivity contribution >= 4 is 5.91 Å². The first kappa shape index (κ1) is 20.4. The van der Waals surface area contributed by atoms with Crippen molar-refractivity contribution in [2.45, 2.75) is 19.4 Å². The van der Waals surface area contributed by atoms with E-state index in [9.17, 15) is 4.79 Å². The van der Waals surface area contributed by atoms with Gasteiger partial charge in [0.2, 0.25) is 5.91 Å². The van der Waals surface area contributed by atoms with E-state index in [4.69, 9.17) is 0 Å². The topological polar surface area (TPSA) is 29.1 Å². The summed E-state index contributed by atoms with van der Waals surface area (Å²) in [6, 6.07) is 10.5. The van der Waals surface area contributed by atoms with Crippen molar-refractivity contribution in [3.8, 4) is 0 Å². The molecule has 1 atom stereocenters. The second kappa shape index (κ2) is 11.0. The van der Waals surface area contributed by atoms with Gasteiger partial charge in [-0.15, -0.1) is 0 Å². The van der Waals surface area contributed by atoms with Gasteiger partial charge in [-0.25, -0.2) is 0 Å². The van der Waals surface area contributed by atoms with Gasteiger partial charge in [0.1, 0.15) is 6.54 Å². The molecule has 1 amide bonds. The summed E-state index contributed by atoms with van der Waals surface area (Å²) < 4.78 is 0.947. The van der Waals surface area contributed by atoms with Crippen LogP contribution in [0.15, 0.2) is 55.6 Å². The predicted molar refractivity (Wildman–Crippen MR) is 88.7 cm³/mol. The summed E-state index contributed by atoms with van der Waals surface area (Å²) in [6.45, 7) is 11.1. The van der Waals surface area contributed by atoms with Gasteiger partial charge in [-0.2, -0.15) is 0 Å². The highest BCUT2D eigenvalue weighted by Crippen LogP contribution is 2.13. The molecule has 0 bridgehead atoms. The van der Waals surface area contributed by atoms with E-state index in [1.54, 1.807) is 0 Å². The summed E-state index contributed by atoms with van der Waals surface area (Å²) in [5, 5.41) is 2.82. The molecule has 1 unspecified atom stereocenters. The van der Waals surface area contributed by atoms with Crippen molar-refractivity contribution in [1.82, 2.24) is 5.32 Å². The van der Waals surface area contributed by atoms with Crippen molar-refractivity contribution in [1.29, 1.82) is 0 Å². The molecule has 3 nitrogen and oxygen atoms in total. The zero-order valence-electron chi connectivity index (χ0n) is 13.4. The number of amides is 1. The lowest BCUT2D eigenvalue weighted by Gasteiger charge is -2.33. The van der Waals surface area contributed by atoms with Gasteiger partial charge in [-0.05, 0) is 25.0 Å². The molecule has 0 saturated heterocycles. The number of quaternary nitrogens is 1. The summed E-state index contributed by atoms with van der Waals surface area (Å²) in [6.07, 6.45) is 5.36. The number of carbonyl (C=O) groups excluding carboxylic acids is 1. The number of carbonyl (C=O) groups is 1. The van der Waals surface area contributed by atoms with E-state index >= 15 is 0 Å². The van der Waals surface area contributed by atoms with E-state index < -0.39 is 0 Å². The Morgan fingerprint density at radius 3 is 2.50 bits per heavy atom. The molecule has 0 aliphatic rings. The molecular formula is C18H27ClN2O. The van der Waals surface area contributed by atoms with Crippen molar-refractivity contribution in [3.05, 3.63) is 61.2 Å². The van der Waals surface area contributed by atoms with Gasteiger partial charge in [0, 0.05) is 12.1 Å². The number of rotatable bonds is 10. The van der Waals surface area contributed by atoms with E-state index in [1.165, 1.54) is 11.6 Å². The molecule has 0 aliphatic carbocycles. The average Bonchev–Trinajstić information content (AvgIpc) is 2.47. The lowest BCUT2D eigenvalue weighted by atomic mass is 10.1. The fourth-order valence-electron chi connectivity index (χ4n) is 2.47. The van der Waals surface area contributed by atoms with Crippen LogP contribution in [0.4, 0.5) is 0 Å². The largest absolute Gasteiger partial charge is 1.00 e. The lowest BCUT2D eigenvalue weighted by Crippen LogP contribution is -3.00. The van der Waals surface area contributed by atoms with Crippen molar-refractivity contribution in [2.75, 3.05) is 26.7 Å². The number of likely N-dealkylation sites (N-methyl/N-ethyl adjacent to an activating group) is 1. The molecule has 122 valence electrons. The molecular weight excluding hydrogens is 296 g/mol. The van der Waals surface area contributed by atoms with Crippen LogP contribution in [-0.4, -0.2) is 37.1 Å². The molecule has 1 rings (SSSR count). The highest BCUT2D eigenvalue weighted by molar-refractivity contribution is 5.86. The third-order valence-electron chi connectivity index (χ3n) is 3.59. The van der Waals surface area contributed by atoms with E-state index in [2.05, 4.69) is 49.8 Å². The van der Waals surface area contributed by atoms with Crippen LogP contribution in [0.3, 0.4) is 0 Å². The molecule has 1 aromatic carbocycles. The molecule has 1 N–H and O–H groups in total. The molecule has 1 aromatic rings. The number of benzene rings is 1. The van der Waals surface area contributed by atoms with Crippen LogP contribution in [0.5, 0.6) is 0 Å². The molecule has 0 fully saturated rings. The predicted octanol–water partition coefficient (Wildman–Crippen LogP) is -0.0944. The van der Waals surface area contributed by atoms with Crippen LogP contribution in [0.25, 0.3) is 0 Å². The SMILES string of the molecule is C=CC[N+](C)(CCCCNC(=O)C=C)Cc1ccccc1.[Cl-]. The Labute approximate surface area is 140 Å². The van der Waals surface area contributed by atoms with E-state index in [0.29, 0.717) is 6.54 Å². The third kappa shape index (κ3) is 8.01. The number of halogens is 1. The summed E-state index contributed by atoms with van der Waals surface area (Å²) in [5.41, 5.74) is 1.35. The Kier molecular flexibility index (Phi) is 10.3. The summed E-state index contributed by atoms with van der Waals surface area (Å²) in [4.78, 5) is 11.1. The number of nitrogens with zero attached hydrogens (tertiary/aromatic N) is 1. The van der Waals surface area contributed by atoms with Crippen LogP contribution in [0.1, 0.15) is 18.4 Å². The molecule has 22 heavy (non-hydrogen) atoms. The Morgan fingerprint density at radius 2 is 1.91 bits per heavy atom. The number of nitrogens with one attached hydrogen (secondary N) is 1. The number of unbranched alkanes of at least 4 members (excludes halogenated alkanes) is 1. The van der Waals surface area contributed by atoms with Gasteiger partial charge >= 0.3 is 0 Å². The van der Waals surface area contributed by atoms with Crippen LogP contribution >= 0.6 is 0 Å². The minimum Gasteiger partial charge on any atom is -1.00 e. The smallest absolute Gasteiger partial charge is 0.243 e. The maximum absolute atomic E-state index is 11.1. The molecule has 0 radical (unpaired) electrons. The third-order valence-corrected chi connectivity index (χ3v) is 3.59. The van der Waals surface area contributed by atoms with Crippen LogP contribution in [0.2, 0.25) is 0 Å². The summed E-state index contributed by atoms with van der Waals surface area (Å²) in [7, 11) is 2.26. The fourth-order valence-corrected chi connectivity index (χ4v) is 2.47. The van der Waals surface area contributed by atoms with Gasteiger partial charge in [0.15, 0.2) is 0 Å². The first-order valence-electron chi connectivity index (χ1n) is 7.48. The summed E-state index contributed by atoms with van der Waals surface area (Å²) in [5.74, 6) is -0.0948. The van der Waals surface area contributed by atoms with E-state index in [1.807, 2.05) is 12.1 Å². The highest BCUT2D eigenvalue weighted by atomic mass is 35.5.